The normalized spacial score (nSPS) is 21.1. The van der Waals surface area contributed by atoms with Crippen LogP contribution in [0.3, 0.4) is 0 Å². The maximum atomic E-state index is 11.7. The molecule has 0 radical (unpaired) electrons. The van der Waals surface area contributed by atoms with E-state index in [1.807, 2.05) is 0 Å². The maximum absolute atomic E-state index is 11.7. The second-order valence-corrected chi connectivity index (χ2v) is 10.5. The summed E-state index contributed by atoms with van der Waals surface area (Å²) >= 11 is 1.59. The Morgan fingerprint density at radius 2 is 2.10 bits per heavy atom. The summed E-state index contributed by atoms with van der Waals surface area (Å²) in [5.74, 6) is 0.407. The highest BCUT2D eigenvalue weighted by atomic mass is 32.2. The van der Waals surface area contributed by atoms with E-state index < -0.39 is 15.1 Å². The number of aryl methyl sites for hydroxylation is 1. The van der Waals surface area contributed by atoms with E-state index in [0.717, 1.165) is 30.1 Å². The van der Waals surface area contributed by atoms with Gasteiger partial charge < -0.3 is 5.32 Å². The Kier molecular flexibility index (Phi) is 4.81. The molecule has 1 heterocycles. The zero-order chi connectivity index (χ0) is 15.8. The van der Waals surface area contributed by atoms with Gasteiger partial charge in [-0.05, 0) is 47.0 Å². The van der Waals surface area contributed by atoms with E-state index in [0.29, 0.717) is 5.92 Å². The first-order valence-corrected chi connectivity index (χ1v) is 10.3. The van der Waals surface area contributed by atoms with E-state index in [2.05, 4.69) is 26.1 Å². The second-order valence-electron chi connectivity index (χ2n) is 7.05. The Morgan fingerprint density at radius 3 is 2.67 bits per heavy atom. The van der Waals surface area contributed by atoms with Crippen LogP contribution in [0.25, 0.3) is 0 Å². The Hall–Kier alpha value is -0.460. The number of nitrogens with one attached hydrogen (secondary N) is 1. The summed E-state index contributed by atoms with van der Waals surface area (Å²) in [5, 5.41) is 3.81. The highest BCUT2D eigenvalue weighted by Gasteiger charge is 2.29. The lowest BCUT2D eigenvalue weighted by molar-refractivity contribution is 0.388. The van der Waals surface area contributed by atoms with Crippen molar-refractivity contribution in [1.82, 2.24) is 10.3 Å². The molecule has 2 rings (SSSR count). The first kappa shape index (κ1) is 16.9. The van der Waals surface area contributed by atoms with Crippen molar-refractivity contribution in [2.75, 3.05) is 12.8 Å². The standard InChI is InChI=1S/C15H26N2O2S2/c1-10(21(5,18)19)14-17-13-11(9-16-15(2,3)4)7-6-8-12(13)20-14/h10-11,16H,6-9H2,1-5H3. The smallest absolute Gasteiger partial charge is 0.156 e. The monoisotopic (exact) mass is 330 g/mol. The number of rotatable bonds is 4. The molecule has 0 aliphatic heterocycles. The fourth-order valence-electron chi connectivity index (χ4n) is 2.51. The van der Waals surface area contributed by atoms with Crippen LogP contribution < -0.4 is 5.32 Å². The van der Waals surface area contributed by atoms with Crippen LogP contribution in [0.2, 0.25) is 0 Å². The molecule has 0 bridgehead atoms. The third-order valence-corrected chi connectivity index (χ3v) is 6.93. The summed E-state index contributed by atoms with van der Waals surface area (Å²) in [6.45, 7) is 9.13. The Morgan fingerprint density at radius 1 is 1.43 bits per heavy atom. The Labute approximate surface area is 132 Å². The topological polar surface area (TPSA) is 59.1 Å². The average Bonchev–Trinajstić information content (AvgIpc) is 2.77. The van der Waals surface area contributed by atoms with E-state index in [-0.39, 0.29) is 5.54 Å². The second kappa shape index (κ2) is 5.97. The third-order valence-electron chi connectivity index (χ3n) is 3.96. The van der Waals surface area contributed by atoms with Crippen molar-refractivity contribution in [1.29, 1.82) is 0 Å². The fourth-order valence-corrected chi connectivity index (χ4v) is 4.72. The van der Waals surface area contributed by atoms with Crippen LogP contribution in [0.5, 0.6) is 0 Å². The van der Waals surface area contributed by atoms with Crippen LogP contribution in [0, 0.1) is 0 Å². The van der Waals surface area contributed by atoms with E-state index >= 15 is 0 Å². The lowest BCUT2D eigenvalue weighted by atomic mass is 9.90. The molecule has 2 unspecified atom stereocenters. The van der Waals surface area contributed by atoms with Gasteiger partial charge in [0.25, 0.3) is 0 Å². The zero-order valence-electron chi connectivity index (χ0n) is 13.6. The van der Waals surface area contributed by atoms with Crippen molar-refractivity contribution in [2.45, 2.75) is 63.7 Å². The van der Waals surface area contributed by atoms with Gasteiger partial charge in [-0.2, -0.15) is 0 Å². The first-order valence-electron chi connectivity index (χ1n) is 7.51. The van der Waals surface area contributed by atoms with Gasteiger partial charge in [0.15, 0.2) is 9.84 Å². The van der Waals surface area contributed by atoms with Gasteiger partial charge in [0, 0.05) is 29.1 Å². The molecule has 0 amide bonds. The number of fused-ring (bicyclic) bond motifs is 1. The zero-order valence-corrected chi connectivity index (χ0v) is 15.2. The van der Waals surface area contributed by atoms with Crippen molar-refractivity contribution >= 4 is 21.2 Å². The molecular formula is C15H26N2O2S2. The summed E-state index contributed by atoms with van der Waals surface area (Å²) in [4.78, 5) is 5.98. The number of hydrogen-bond acceptors (Lipinski definition) is 5. The number of aromatic nitrogens is 1. The molecule has 1 aliphatic carbocycles. The van der Waals surface area contributed by atoms with Gasteiger partial charge in [0.1, 0.15) is 10.3 Å². The van der Waals surface area contributed by atoms with Gasteiger partial charge in [-0.1, -0.05) is 0 Å². The summed E-state index contributed by atoms with van der Waals surface area (Å²) < 4.78 is 23.5. The van der Waals surface area contributed by atoms with Crippen LogP contribution in [0.4, 0.5) is 0 Å². The Balaban J connectivity index is 2.21. The minimum Gasteiger partial charge on any atom is -0.311 e. The summed E-state index contributed by atoms with van der Waals surface area (Å²) in [6.07, 6.45) is 4.62. The molecule has 2 atom stereocenters. The van der Waals surface area contributed by atoms with Crippen molar-refractivity contribution in [3.8, 4) is 0 Å². The molecular weight excluding hydrogens is 304 g/mol. The average molecular weight is 331 g/mol. The largest absolute Gasteiger partial charge is 0.311 e. The van der Waals surface area contributed by atoms with E-state index in [1.165, 1.54) is 17.6 Å². The maximum Gasteiger partial charge on any atom is 0.156 e. The Bertz CT molecular complexity index is 600. The van der Waals surface area contributed by atoms with E-state index in [4.69, 9.17) is 4.98 Å². The number of nitrogens with zero attached hydrogens (tertiary/aromatic N) is 1. The van der Waals surface area contributed by atoms with Crippen LogP contribution in [0.1, 0.15) is 67.3 Å². The molecule has 6 heteroatoms. The summed E-state index contributed by atoms with van der Waals surface area (Å²) in [7, 11) is -3.08. The molecule has 120 valence electrons. The molecule has 4 nitrogen and oxygen atoms in total. The van der Waals surface area contributed by atoms with Gasteiger partial charge in [-0.3, -0.25) is 0 Å². The molecule has 0 saturated carbocycles. The fraction of sp³-hybridized carbons (Fsp3) is 0.800. The van der Waals surface area contributed by atoms with Gasteiger partial charge in [-0.25, -0.2) is 13.4 Å². The van der Waals surface area contributed by atoms with Gasteiger partial charge in [0.05, 0.1) is 5.69 Å². The number of hydrogen-bond donors (Lipinski definition) is 1. The van der Waals surface area contributed by atoms with Gasteiger partial charge >= 0.3 is 0 Å². The molecule has 21 heavy (non-hydrogen) atoms. The first-order chi connectivity index (χ1) is 9.58. The highest BCUT2D eigenvalue weighted by Crippen LogP contribution is 2.37. The van der Waals surface area contributed by atoms with Crippen LogP contribution in [-0.2, 0) is 16.3 Å². The van der Waals surface area contributed by atoms with E-state index in [1.54, 1.807) is 18.3 Å². The quantitative estimate of drug-likeness (QED) is 0.922. The molecule has 1 N–H and O–H groups in total. The van der Waals surface area contributed by atoms with Crippen LogP contribution in [0.15, 0.2) is 0 Å². The lowest BCUT2D eigenvalue weighted by Crippen LogP contribution is -2.39. The van der Waals surface area contributed by atoms with Crippen LogP contribution in [-0.4, -0.2) is 31.7 Å². The predicted octanol–water partition coefficient (Wildman–Crippen LogP) is 3.06. The van der Waals surface area contributed by atoms with Crippen molar-refractivity contribution in [3.05, 3.63) is 15.6 Å². The van der Waals surface area contributed by atoms with E-state index in [9.17, 15) is 8.42 Å². The minimum atomic E-state index is -3.08. The molecule has 1 aliphatic rings. The van der Waals surface area contributed by atoms with Gasteiger partial charge in [0.2, 0.25) is 0 Å². The summed E-state index contributed by atoms with van der Waals surface area (Å²) in [5.41, 5.74) is 1.23. The van der Waals surface area contributed by atoms with Crippen LogP contribution >= 0.6 is 11.3 Å². The molecule has 1 aromatic heterocycles. The van der Waals surface area contributed by atoms with Crippen molar-refractivity contribution in [3.63, 3.8) is 0 Å². The third kappa shape index (κ3) is 4.27. The lowest BCUT2D eigenvalue weighted by Gasteiger charge is -2.27. The molecule has 0 saturated heterocycles. The molecule has 1 aromatic rings. The minimum absolute atomic E-state index is 0.0938. The SMILES string of the molecule is CC(c1nc2c(s1)CCCC2CNC(C)(C)C)S(C)(=O)=O. The number of sulfone groups is 1. The molecule has 0 spiro atoms. The number of thiazole rings is 1. The molecule has 0 aromatic carbocycles. The molecule has 0 fully saturated rings. The van der Waals surface area contributed by atoms with Gasteiger partial charge in [-0.15, -0.1) is 11.3 Å². The predicted molar refractivity (Wildman–Crippen MR) is 88.8 cm³/mol. The van der Waals surface area contributed by atoms with Crippen molar-refractivity contribution < 1.29 is 8.42 Å². The van der Waals surface area contributed by atoms with Crippen molar-refractivity contribution in [2.24, 2.45) is 0 Å². The summed E-state index contributed by atoms with van der Waals surface area (Å²) in [6, 6.07) is 0. The highest BCUT2D eigenvalue weighted by molar-refractivity contribution is 7.91.